The maximum atomic E-state index is 14.0. The number of aromatic carboxylic acids is 1. The van der Waals surface area contributed by atoms with Crippen LogP contribution in [-0.4, -0.2) is 20.6 Å². The second-order valence-electron chi connectivity index (χ2n) is 5.13. The standard InChI is InChI=1S/C15H15FN2O2/c1-9-5-4-8-12-13(15(19)20)17-14(18(9)12)10-6-2-3-7-11(10)16/h2-3,6-7,9H,4-5,8H2,1H3,(H,19,20). The van der Waals surface area contributed by atoms with Crippen LogP contribution in [-0.2, 0) is 6.42 Å². The zero-order chi connectivity index (χ0) is 14.3. The van der Waals surface area contributed by atoms with Gasteiger partial charge in [0.1, 0.15) is 11.6 Å². The Morgan fingerprint density at radius 3 is 2.90 bits per heavy atom. The van der Waals surface area contributed by atoms with E-state index in [9.17, 15) is 14.3 Å². The Kier molecular flexibility index (Phi) is 3.04. The minimum atomic E-state index is -1.05. The van der Waals surface area contributed by atoms with E-state index in [-0.39, 0.29) is 17.6 Å². The summed E-state index contributed by atoms with van der Waals surface area (Å²) in [5.74, 6) is -1.01. The Morgan fingerprint density at radius 1 is 1.45 bits per heavy atom. The summed E-state index contributed by atoms with van der Waals surface area (Å²) in [7, 11) is 0. The molecule has 0 saturated heterocycles. The number of nitrogens with zero attached hydrogens (tertiary/aromatic N) is 2. The smallest absolute Gasteiger partial charge is 0.356 e. The molecule has 1 aliphatic heterocycles. The van der Waals surface area contributed by atoms with Crippen LogP contribution in [0.1, 0.15) is 42.0 Å². The van der Waals surface area contributed by atoms with Crippen molar-refractivity contribution in [3.63, 3.8) is 0 Å². The molecular formula is C15H15FN2O2. The maximum Gasteiger partial charge on any atom is 0.356 e. The molecule has 0 bridgehead atoms. The number of rotatable bonds is 2. The molecule has 5 heteroatoms. The summed E-state index contributed by atoms with van der Waals surface area (Å²) in [5, 5.41) is 9.29. The molecule has 3 rings (SSSR count). The lowest BCUT2D eigenvalue weighted by Gasteiger charge is -2.24. The van der Waals surface area contributed by atoms with E-state index in [0.29, 0.717) is 23.5 Å². The molecule has 1 aromatic heterocycles. The topological polar surface area (TPSA) is 55.1 Å². The third-order valence-electron chi connectivity index (χ3n) is 3.80. The van der Waals surface area contributed by atoms with Crippen LogP contribution < -0.4 is 0 Å². The SMILES string of the molecule is CC1CCCc2c(C(=O)O)nc(-c3ccccc3F)n21. The number of benzene rings is 1. The first kappa shape index (κ1) is 12.8. The van der Waals surface area contributed by atoms with Gasteiger partial charge in [-0.05, 0) is 38.3 Å². The van der Waals surface area contributed by atoms with Gasteiger partial charge in [-0.2, -0.15) is 0 Å². The average molecular weight is 274 g/mol. The normalized spacial score (nSPS) is 17.8. The van der Waals surface area contributed by atoms with E-state index in [1.54, 1.807) is 18.2 Å². The first-order valence-electron chi connectivity index (χ1n) is 6.69. The van der Waals surface area contributed by atoms with Crippen molar-refractivity contribution in [3.05, 3.63) is 41.5 Å². The molecule has 0 aliphatic carbocycles. The van der Waals surface area contributed by atoms with Crippen LogP contribution in [0.2, 0.25) is 0 Å². The lowest BCUT2D eigenvalue weighted by molar-refractivity contribution is 0.0689. The molecule has 0 spiro atoms. The van der Waals surface area contributed by atoms with Crippen molar-refractivity contribution >= 4 is 5.97 Å². The van der Waals surface area contributed by atoms with Crippen LogP contribution in [0.3, 0.4) is 0 Å². The van der Waals surface area contributed by atoms with E-state index in [0.717, 1.165) is 12.8 Å². The minimum Gasteiger partial charge on any atom is -0.476 e. The maximum absolute atomic E-state index is 14.0. The Balaban J connectivity index is 2.26. The highest BCUT2D eigenvalue weighted by atomic mass is 19.1. The summed E-state index contributed by atoms with van der Waals surface area (Å²) in [5.41, 5.74) is 1.11. The molecule has 0 amide bonds. The van der Waals surface area contributed by atoms with Crippen LogP contribution in [0, 0.1) is 5.82 Å². The van der Waals surface area contributed by atoms with Crippen molar-refractivity contribution in [3.8, 4) is 11.4 Å². The summed E-state index contributed by atoms with van der Waals surface area (Å²) < 4.78 is 15.9. The predicted molar refractivity (Wildman–Crippen MR) is 72.2 cm³/mol. The van der Waals surface area contributed by atoms with Crippen molar-refractivity contribution in [2.45, 2.75) is 32.2 Å². The molecule has 1 N–H and O–H groups in total. The molecule has 4 nitrogen and oxygen atoms in total. The van der Waals surface area contributed by atoms with E-state index >= 15 is 0 Å². The number of hydrogen-bond acceptors (Lipinski definition) is 2. The minimum absolute atomic E-state index is 0.0507. The Bertz CT molecular complexity index is 679. The summed E-state index contributed by atoms with van der Waals surface area (Å²) in [6.45, 7) is 2.01. The number of carbonyl (C=O) groups is 1. The first-order valence-corrected chi connectivity index (χ1v) is 6.69. The Hall–Kier alpha value is -2.17. The van der Waals surface area contributed by atoms with Crippen molar-refractivity contribution in [1.82, 2.24) is 9.55 Å². The first-order chi connectivity index (χ1) is 9.59. The molecule has 1 aliphatic rings. The third kappa shape index (κ3) is 1.90. The van der Waals surface area contributed by atoms with Crippen LogP contribution in [0.5, 0.6) is 0 Å². The van der Waals surface area contributed by atoms with Gasteiger partial charge >= 0.3 is 5.97 Å². The van der Waals surface area contributed by atoms with Crippen molar-refractivity contribution in [1.29, 1.82) is 0 Å². The fourth-order valence-electron chi connectivity index (χ4n) is 2.88. The second kappa shape index (κ2) is 4.74. The molecule has 2 aromatic rings. The van der Waals surface area contributed by atoms with Crippen molar-refractivity contribution in [2.24, 2.45) is 0 Å². The van der Waals surface area contributed by atoms with E-state index in [2.05, 4.69) is 4.98 Å². The molecule has 0 saturated carbocycles. The van der Waals surface area contributed by atoms with Crippen LogP contribution >= 0.6 is 0 Å². The molecule has 2 heterocycles. The average Bonchev–Trinajstić information content (AvgIpc) is 2.80. The van der Waals surface area contributed by atoms with E-state index in [4.69, 9.17) is 0 Å². The summed E-state index contributed by atoms with van der Waals surface area (Å²) in [6.07, 6.45) is 2.56. The Labute approximate surface area is 115 Å². The number of carboxylic acids is 1. The summed E-state index contributed by atoms with van der Waals surface area (Å²) in [4.78, 5) is 15.5. The van der Waals surface area contributed by atoms with Gasteiger partial charge in [-0.3, -0.25) is 0 Å². The molecule has 1 unspecified atom stereocenters. The van der Waals surface area contributed by atoms with Gasteiger partial charge in [0.2, 0.25) is 0 Å². The lowest BCUT2D eigenvalue weighted by atomic mass is 10.0. The van der Waals surface area contributed by atoms with Crippen molar-refractivity contribution < 1.29 is 14.3 Å². The lowest BCUT2D eigenvalue weighted by Crippen LogP contribution is -2.17. The van der Waals surface area contributed by atoms with E-state index in [1.165, 1.54) is 6.07 Å². The number of halogens is 1. The van der Waals surface area contributed by atoms with Gasteiger partial charge < -0.3 is 9.67 Å². The molecule has 104 valence electrons. The number of aromatic nitrogens is 2. The molecule has 20 heavy (non-hydrogen) atoms. The van der Waals surface area contributed by atoms with Crippen molar-refractivity contribution in [2.75, 3.05) is 0 Å². The number of imidazole rings is 1. The van der Waals surface area contributed by atoms with Gasteiger partial charge in [0.15, 0.2) is 5.69 Å². The van der Waals surface area contributed by atoms with Gasteiger partial charge in [-0.25, -0.2) is 14.2 Å². The fourth-order valence-corrected chi connectivity index (χ4v) is 2.88. The number of fused-ring (bicyclic) bond motifs is 1. The predicted octanol–water partition coefficient (Wildman–Crippen LogP) is 3.28. The molecule has 0 fully saturated rings. The van der Waals surface area contributed by atoms with Gasteiger partial charge in [0, 0.05) is 6.04 Å². The largest absolute Gasteiger partial charge is 0.476 e. The molecule has 0 radical (unpaired) electrons. The quantitative estimate of drug-likeness (QED) is 0.914. The van der Waals surface area contributed by atoms with Gasteiger partial charge in [0.25, 0.3) is 0 Å². The third-order valence-corrected chi connectivity index (χ3v) is 3.80. The van der Waals surface area contributed by atoms with E-state index < -0.39 is 5.97 Å². The van der Waals surface area contributed by atoms with Gasteiger partial charge in [0.05, 0.1) is 11.3 Å². The summed E-state index contributed by atoms with van der Waals surface area (Å²) in [6, 6.07) is 6.48. The highest BCUT2D eigenvalue weighted by Gasteiger charge is 2.28. The summed E-state index contributed by atoms with van der Waals surface area (Å²) >= 11 is 0. The van der Waals surface area contributed by atoms with E-state index in [1.807, 2.05) is 11.5 Å². The van der Waals surface area contributed by atoms with Gasteiger partial charge in [-0.1, -0.05) is 12.1 Å². The van der Waals surface area contributed by atoms with Crippen LogP contribution in [0.25, 0.3) is 11.4 Å². The van der Waals surface area contributed by atoms with Crippen LogP contribution in [0.15, 0.2) is 24.3 Å². The Morgan fingerprint density at radius 2 is 2.20 bits per heavy atom. The fraction of sp³-hybridized carbons (Fsp3) is 0.333. The zero-order valence-electron chi connectivity index (χ0n) is 11.1. The molecule has 1 aromatic carbocycles. The highest BCUT2D eigenvalue weighted by Crippen LogP contribution is 2.34. The second-order valence-corrected chi connectivity index (χ2v) is 5.13. The molecular weight excluding hydrogens is 259 g/mol. The monoisotopic (exact) mass is 274 g/mol. The van der Waals surface area contributed by atoms with Gasteiger partial charge in [-0.15, -0.1) is 0 Å². The number of hydrogen-bond donors (Lipinski definition) is 1. The number of carboxylic acid groups (broad SMARTS) is 1. The van der Waals surface area contributed by atoms with Crippen LogP contribution in [0.4, 0.5) is 4.39 Å². The molecule has 1 atom stereocenters. The zero-order valence-corrected chi connectivity index (χ0v) is 11.1. The highest BCUT2D eigenvalue weighted by molar-refractivity contribution is 5.88.